The molecule has 0 saturated carbocycles. The number of hydrogen-bond donors (Lipinski definition) is 0. The van der Waals surface area contributed by atoms with E-state index in [2.05, 4.69) is 10.1 Å². The monoisotopic (exact) mass is 195 g/mol. The highest BCUT2D eigenvalue weighted by Crippen LogP contribution is 2.20. The zero-order chi connectivity index (χ0) is 9.97. The maximum atomic E-state index is 12.4. The molecule has 1 aromatic carbocycles. The van der Waals surface area contributed by atoms with Gasteiger partial charge >= 0.3 is 6.55 Å². The van der Waals surface area contributed by atoms with Gasteiger partial charge < -0.3 is 0 Å². The number of hydrogen-bond acceptors (Lipinski definition) is 2. The molecular weight excluding hydrogens is 188 g/mol. The highest BCUT2D eigenvalue weighted by Gasteiger charge is 2.13. The SMILES string of the molecule is FC(F)n1ncnc1-c1ccccc1. The second-order valence-corrected chi connectivity index (χ2v) is 2.67. The second-order valence-electron chi connectivity index (χ2n) is 2.67. The van der Waals surface area contributed by atoms with Gasteiger partial charge in [0.15, 0.2) is 5.82 Å². The van der Waals surface area contributed by atoms with Crippen LogP contribution in [0.1, 0.15) is 6.55 Å². The largest absolute Gasteiger partial charge is 0.335 e. The standard InChI is InChI=1S/C9H7F2N3/c10-9(11)14-8(12-6-13-14)7-4-2-1-3-5-7/h1-6,9H. The Labute approximate surface area is 79.0 Å². The molecule has 5 heteroatoms. The van der Waals surface area contributed by atoms with Gasteiger partial charge in [0.25, 0.3) is 0 Å². The zero-order valence-corrected chi connectivity index (χ0v) is 7.14. The van der Waals surface area contributed by atoms with Crippen LogP contribution in [-0.4, -0.2) is 14.8 Å². The first-order chi connectivity index (χ1) is 6.79. The van der Waals surface area contributed by atoms with Gasteiger partial charge in [0.2, 0.25) is 0 Å². The summed E-state index contributed by atoms with van der Waals surface area (Å²) in [7, 11) is 0. The van der Waals surface area contributed by atoms with Crippen molar-refractivity contribution in [3.63, 3.8) is 0 Å². The van der Waals surface area contributed by atoms with Gasteiger partial charge in [-0.1, -0.05) is 30.3 Å². The van der Waals surface area contributed by atoms with Crippen LogP contribution >= 0.6 is 0 Å². The first-order valence-electron chi connectivity index (χ1n) is 4.02. The van der Waals surface area contributed by atoms with E-state index in [9.17, 15) is 8.78 Å². The van der Waals surface area contributed by atoms with Gasteiger partial charge in [-0.15, -0.1) is 0 Å². The van der Waals surface area contributed by atoms with Gasteiger partial charge in [-0.25, -0.2) is 4.98 Å². The van der Waals surface area contributed by atoms with Crippen molar-refractivity contribution in [1.82, 2.24) is 14.8 Å². The van der Waals surface area contributed by atoms with E-state index >= 15 is 0 Å². The summed E-state index contributed by atoms with van der Waals surface area (Å²) in [4.78, 5) is 3.78. The molecule has 0 saturated heterocycles. The highest BCUT2D eigenvalue weighted by molar-refractivity contribution is 5.54. The minimum atomic E-state index is -2.66. The van der Waals surface area contributed by atoms with Gasteiger partial charge in [-0.3, -0.25) is 0 Å². The summed E-state index contributed by atoms with van der Waals surface area (Å²) in [6.45, 7) is -2.66. The number of benzene rings is 1. The van der Waals surface area contributed by atoms with Crippen molar-refractivity contribution >= 4 is 0 Å². The Morgan fingerprint density at radius 3 is 2.50 bits per heavy atom. The molecule has 1 aromatic heterocycles. The predicted octanol–water partition coefficient (Wildman–Crippen LogP) is 2.34. The molecule has 1 heterocycles. The molecule has 0 bridgehead atoms. The molecule has 3 nitrogen and oxygen atoms in total. The van der Waals surface area contributed by atoms with Crippen molar-refractivity contribution in [2.75, 3.05) is 0 Å². The average molecular weight is 195 g/mol. The lowest BCUT2D eigenvalue weighted by Crippen LogP contribution is -2.02. The molecule has 0 fully saturated rings. The predicted molar refractivity (Wildman–Crippen MR) is 46.7 cm³/mol. The smallest absolute Gasteiger partial charge is 0.215 e. The van der Waals surface area contributed by atoms with Crippen LogP contribution in [0.5, 0.6) is 0 Å². The lowest BCUT2D eigenvalue weighted by atomic mass is 10.2. The van der Waals surface area contributed by atoms with Gasteiger partial charge in [-0.05, 0) is 0 Å². The van der Waals surface area contributed by atoms with E-state index in [0.29, 0.717) is 10.2 Å². The molecule has 0 aliphatic carbocycles. The molecule has 0 radical (unpaired) electrons. The Bertz CT molecular complexity index is 411. The molecular formula is C9H7F2N3. The van der Waals surface area contributed by atoms with E-state index < -0.39 is 6.55 Å². The highest BCUT2D eigenvalue weighted by atomic mass is 19.3. The quantitative estimate of drug-likeness (QED) is 0.736. The molecule has 0 spiro atoms. The van der Waals surface area contributed by atoms with Crippen LogP contribution in [0.15, 0.2) is 36.7 Å². The average Bonchev–Trinajstić information content (AvgIpc) is 2.67. The first kappa shape index (κ1) is 8.80. The van der Waals surface area contributed by atoms with Gasteiger partial charge in [-0.2, -0.15) is 18.6 Å². The summed E-state index contributed by atoms with van der Waals surface area (Å²) in [5.74, 6) is 0.181. The van der Waals surface area contributed by atoms with Crippen LogP contribution < -0.4 is 0 Å². The van der Waals surface area contributed by atoms with Crippen molar-refractivity contribution in [2.45, 2.75) is 6.55 Å². The third-order valence-corrected chi connectivity index (χ3v) is 1.79. The van der Waals surface area contributed by atoms with Crippen molar-refractivity contribution in [3.05, 3.63) is 36.7 Å². The molecule has 2 aromatic rings. The summed E-state index contributed by atoms with van der Waals surface area (Å²) in [5, 5.41) is 3.45. The fraction of sp³-hybridized carbons (Fsp3) is 0.111. The van der Waals surface area contributed by atoms with E-state index in [1.165, 1.54) is 0 Å². The number of alkyl halides is 2. The van der Waals surface area contributed by atoms with Gasteiger partial charge in [0, 0.05) is 5.56 Å². The molecule has 72 valence electrons. The molecule has 14 heavy (non-hydrogen) atoms. The summed E-state index contributed by atoms with van der Waals surface area (Å²) >= 11 is 0. The Hall–Kier alpha value is -1.78. The number of nitrogens with zero attached hydrogens (tertiary/aromatic N) is 3. The molecule has 0 unspecified atom stereocenters. The molecule has 0 N–H and O–H groups in total. The third-order valence-electron chi connectivity index (χ3n) is 1.79. The second kappa shape index (κ2) is 3.53. The molecule has 0 aliphatic rings. The Balaban J connectivity index is 2.47. The van der Waals surface area contributed by atoms with E-state index in [-0.39, 0.29) is 5.82 Å². The van der Waals surface area contributed by atoms with E-state index in [4.69, 9.17) is 0 Å². The van der Waals surface area contributed by atoms with E-state index in [0.717, 1.165) is 6.33 Å². The lowest BCUT2D eigenvalue weighted by Gasteiger charge is -2.03. The van der Waals surface area contributed by atoms with E-state index in [1.54, 1.807) is 24.3 Å². The van der Waals surface area contributed by atoms with Crippen LogP contribution in [-0.2, 0) is 0 Å². The zero-order valence-electron chi connectivity index (χ0n) is 7.14. The van der Waals surface area contributed by atoms with Crippen molar-refractivity contribution in [3.8, 4) is 11.4 Å². The molecule has 2 rings (SSSR count). The molecule has 0 atom stereocenters. The van der Waals surface area contributed by atoms with Crippen LogP contribution in [0, 0.1) is 0 Å². The number of aromatic nitrogens is 3. The summed E-state index contributed by atoms with van der Waals surface area (Å²) in [5.41, 5.74) is 0.630. The van der Waals surface area contributed by atoms with Crippen LogP contribution in [0.4, 0.5) is 8.78 Å². The lowest BCUT2D eigenvalue weighted by molar-refractivity contribution is 0.0582. The maximum Gasteiger partial charge on any atom is 0.335 e. The Morgan fingerprint density at radius 2 is 1.86 bits per heavy atom. The maximum absolute atomic E-state index is 12.4. The van der Waals surface area contributed by atoms with Gasteiger partial charge in [0.05, 0.1) is 0 Å². The number of halogens is 2. The first-order valence-corrected chi connectivity index (χ1v) is 4.02. The van der Waals surface area contributed by atoms with Crippen molar-refractivity contribution in [2.24, 2.45) is 0 Å². The summed E-state index contributed by atoms with van der Waals surface area (Å²) in [6.07, 6.45) is 1.12. The topological polar surface area (TPSA) is 30.7 Å². The molecule has 0 aliphatic heterocycles. The summed E-state index contributed by atoms with van der Waals surface area (Å²) in [6, 6.07) is 8.76. The minimum Gasteiger partial charge on any atom is -0.215 e. The van der Waals surface area contributed by atoms with Crippen molar-refractivity contribution < 1.29 is 8.78 Å². The third kappa shape index (κ3) is 1.48. The van der Waals surface area contributed by atoms with Gasteiger partial charge in [0.1, 0.15) is 6.33 Å². The minimum absolute atomic E-state index is 0.181. The normalized spacial score (nSPS) is 10.8. The van der Waals surface area contributed by atoms with Crippen LogP contribution in [0.3, 0.4) is 0 Å². The van der Waals surface area contributed by atoms with E-state index in [1.807, 2.05) is 6.07 Å². The Kier molecular flexibility index (Phi) is 2.22. The fourth-order valence-corrected chi connectivity index (χ4v) is 1.19. The van der Waals surface area contributed by atoms with Crippen LogP contribution in [0.2, 0.25) is 0 Å². The fourth-order valence-electron chi connectivity index (χ4n) is 1.19. The summed E-state index contributed by atoms with van der Waals surface area (Å²) < 4.78 is 25.4. The van der Waals surface area contributed by atoms with Crippen LogP contribution in [0.25, 0.3) is 11.4 Å². The molecule has 0 amide bonds. The Morgan fingerprint density at radius 1 is 1.14 bits per heavy atom. The number of rotatable bonds is 2. The van der Waals surface area contributed by atoms with Crippen molar-refractivity contribution in [1.29, 1.82) is 0 Å².